The van der Waals surface area contributed by atoms with E-state index >= 15 is 0 Å². The first-order valence-corrected chi connectivity index (χ1v) is 7.11. The zero-order chi connectivity index (χ0) is 13.0. The first-order chi connectivity index (χ1) is 8.69. The van der Waals surface area contributed by atoms with Crippen molar-refractivity contribution in [1.82, 2.24) is 9.80 Å². The van der Waals surface area contributed by atoms with Crippen LogP contribution < -0.4 is 0 Å². The Balaban J connectivity index is 1.91. The van der Waals surface area contributed by atoms with Crippen LogP contribution >= 0.6 is 11.3 Å². The molecule has 1 atom stereocenters. The van der Waals surface area contributed by atoms with Crippen LogP contribution in [0.5, 0.6) is 0 Å². The van der Waals surface area contributed by atoms with Gasteiger partial charge in [0.25, 0.3) is 0 Å². The molecular formula is C14H20N2OS. The Morgan fingerprint density at radius 2 is 2.28 bits per heavy atom. The molecule has 1 aliphatic rings. The Kier molecular flexibility index (Phi) is 4.79. The lowest BCUT2D eigenvalue weighted by molar-refractivity contribution is 0.101. The average Bonchev–Trinajstić information content (AvgIpc) is 2.79. The van der Waals surface area contributed by atoms with Crippen LogP contribution in [-0.2, 0) is 6.54 Å². The third kappa shape index (κ3) is 3.56. The summed E-state index contributed by atoms with van der Waals surface area (Å²) in [5, 5.41) is 8.67. The van der Waals surface area contributed by atoms with E-state index in [4.69, 9.17) is 5.11 Å². The van der Waals surface area contributed by atoms with Crippen molar-refractivity contribution >= 4 is 11.3 Å². The predicted molar refractivity (Wildman–Crippen MR) is 75.7 cm³/mol. The molecule has 98 valence electrons. The van der Waals surface area contributed by atoms with Crippen LogP contribution in [0.1, 0.15) is 16.7 Å². The van der Waals surface area contributed by atoms with Gasteiger partial charge in [-0.3, -0.25) is 4.90 Å². The molecule has 0 aliphatic carbocycles. The first-order valence-electron chi connectivity index (χ1n) is 6.30. The number of aliphatic hydroxyl groups excluding tert-OH is 1. The topological polar surface area (TPSA) is 26.7 Å². The predicted octanol–water partition coefficient (Wildman–Crippen LogP) is 1.23. The van der Waals surface area contributed by atoms with Crippen LogP contribution in [0.2, 0.25) is 0 Å². The number of hydrogen-bond acceptors (Lipinski definition) is 4. The lowest BCUT2D eigenvalue weighted by Crippen LogP contribution is -2.49. The van der Waals surface area contributed by atoms with Crippen molar-refractivity contribution in [2.45, 2.75) is 19.5 Å². The van der Waals surface area contributed by atoms with Crippen LogP contribution in [-0.4, -0.2) is 54.2 Å². The molecular weight excluding hydrogens is 244 g/mol. The van der Waals surface area contributed by atoms with E-state index in [0.717, 1.165) is 31.1 Å². The summed E-state index contributed by atoms with van der Waals surface area (Å²) in [6.07, 6.45) is 0. The summed E-state index contributed by atoms with van der Waals surface area (Å²) in [5.41, 5.74) is 0. The zero-order valence-electron chi connectivity index (χ0n) is 11.0. The summed E-state index contributed by atoms with van der Waals surface area (Å²) in [6, 6.07) is 4.82. The molecule has 2 heterocycles. The molecule has 1 aliphatic heterocycles. The second kappa shape index (κ2) is 6.35. The molecule has 2 rings (SSSR count). The number of hydrogen-bond donors (Lipinski definition) is 1. The van der Waals surface area contributed by atoms with Crippen LogP contribution in [0.25, 0.3) is 0 Å². The Bertz CT molecular complexity index is 446. The van der Waals surface area contributed by atoms with E-state index in [0.29, 0.717) is 6.04 Å². The fraction of sp³-hybridized carbons (Fsp3) is 0.571. The number of nitrogens with zero attached hydrogens (tertiary/aromatic N) is 2. The van der Waals surface area contributed by atoms with E-state index in [1.807, 2.05) is 6.07 Å². The van der Waals surface area contributed by atoms with Crippen molar-refractivity contribution in [2.24, 2.45) is 0 Å². The molecule has 1 fully saturated rings. The molecule has 0 radical (unpaired) electrons. The third-order valence-electron chi connectivity index (χ3n) is 3.38. The van der Waals surface area contributed by atoms with Gasteiger partial charge in [-0.25, -0.2) is 0 Å². The van der Waals surface area contributed by atoms with Gasteiger partial charge in [-0.15, -0.1) is 11.3 Å². The highest BCUT2D eigenvalue weighted by Crippen LogP contribution is 2.19. The maximum Gasteiger partial charge on any atom is 0.104 e. The van der Waals surface area contributed by atoms with Crippen LogP contribution in [0.15, 0.2) is 12.1 Å². The summed E-state index contributed by atoms with van der Waals surface area (Å²) in [5.74, 6) is 5.65. The maximum atomic E-state index is 8.67. The lowest BCUT2D eigenvalue weighted by atomic mass is 10.2. The van der Waals surface area contributed by atoms with Gasteiger partial charge < -0.3 is 10.0 Å². The lowest BCUT2D eigenvalue weighted by Gasteiger charge is -2.37. The molecule has 0 aromatic carbocycles. The van der Waals surface area contributed by atoms with Crippen molar-refractivity contribution in [3.8, 4) is 11.8 Å². The second-order valence-electron chi connectivity index (χ2n) is 4.79. The summed E-state index contributed by atoms with van der Waals surface area (Å²) < 4.78 is 0. The van der Waals surface area contributed by atoms with Gasteiger partial charge in [-0.05, 0) is 26.1 Å². The highest BCUT2D eigenvalue weighted by atomic mass is 32.1. The maximum absolute atomic E-state index is 8.67. The van der Waals surface area contributed by atoms with E-state index in [9.17, 15) is 0 Å². The number of piperazine rings is 1. The van der Waals surface area contributed by atoms with Gasteiger partial charge in [0.1, 0.15) is 6.61 Å². The molecule has 4 heteroatoms. The minimum atomic E-state index is -0.0663. The fourth-order valence-electron chi connectivity index (χ4n) is 2.14. The molecule has 1 saturated heterocycles. The van der Waals surface area contributed by atoms with Crippen LogP contribution in [0.3, 0.4) is 0 Å². The summed E-state index contributed by atoms with van der Waals surface area (Å²) >= 11 is 1.73. The minimum Gasteiger partial charge on any atom is -0.384 e. The molecule has 0 bridgehead atoms. The van der Waals surface area contributed by atoms with Crippen molar-refractivity contribution in [1.29, 1.82) is 0 Å². The van der Waals surface area contributed by atoms with E-state index in [1.165, 1.54) is 4.88 Å². The highest BCUT2D eigenvalue weighted by Gasteiger charge is 2.20. The Morgan fingerprint density at radius 1 is 1.44 bits per heavy atom. The standard InChI is InChI=1S/C14H20N2OS/c1-12-10-16(8-7-15(12)2)11-14-6-5-13(18-14)4-3-9-17/h5-6,12,17H,7-11H2,1-2H3. The molecule has 1 N–H and O–H groups in total. The third-order valence-corrected chi connectivity index (χ3v) is 4.36. The fourth-order valence-corrected chi connectivity index (χ4v) is 3.07. The van der Waals surface area contributed by atoms with Gasteiger partial charge >= 0.3 is 0 Å². The second-order valence-corrected chi connectivity index (χ2v) is 5.96. The van der Waals surface area contributed by atoms with E-state index in [-0.39, 0.29) is 6.61 Å². The SMILES string of the molecule is CC1CN(Cc2ccc(C#CCO)s2)CCN1C. The molecule has 3 nitrogen and oxygen atoms in total. The molecule has 0 saturated carbocycles. The normalized spacial score (nSPS) is 21.6. The highest BCUT2D eigenvalue weighted by molar-refractivity contribution is 7.12. The van der Waals surface area contributed by atoms with Crippen molar-refractivity contribution < 1.29 is 5.11 Å². The largest absolute Gasteiger partial charge is 0.384 e. The first kappa shape index (κ1) is 13.6. The van der Waals surface area contributed by atoms with Gasteiger partial charge in [0.05, 0.1) is 4.88 Å². The van der Waals surface area contributed by atoms with Gasteiger partial charge in [-0.2, -0.15) is 0 Å². The number of likely N-dealkylation sites (N-methyl/N-ethyl adjacent to an activating group) is 1. The van der Waals surface area contributed by atoms with Crippen LogP contribution in [0.4, 0.5) is 0 Å². The van der Waals surface area contributed by atoms with Gasteiger partial charge in [0, 0.05) is 37.1 Å². The average molecular weight is 264 g/mol. The Hall–Kier alpha value is -0.860. The van der Waals surface area contributed by atoms with E-state index in [2.05, 4.69) is 41.7 Å². The molecule has 1 aromatic rings. The summed E-state index contributed by atoms with van der Waals surface area (Å²) in [6.45, 7) is 6.64. The van der Waals surface area contributed by atoms with Crippen LogP contribution in [0, 0.1) is 11.8 Å². The zero-order valence-corrected chi connectivity index (χ0v) is 11.8. The molecule has 18 heavy (non-hydrogen) atoms. The monoisotopic (exact) mass is 264 g/mol. The van der Waals surface area contributed by atoms with Crippen molar-refractivity contribution in [3.63, 3.8) is 0 Å². The molecule has 0 spiro atoms. The van der Waals surface area contributed by atoms with Gasteiger partial charge in [0.15, 0.2) is 0 Å². The van der Waals surface area contributed by atoms with Gasteiger partial charge in [0.2, 0.25) is 0 Å². The quantitative estimate of drug-likeness (QED) is 0.814. The Labute approximate surface area is 113 Å². The summed E-state index contributed by atoms with van der Waals surface area (Å²) in [4.78, 5) is 7.30. The number of thiophene rings is 1. The Morgan fingerprint density at radius 3 is 3.00 bits per heavy atom. The van der Waals surface area contributed by atoms with Gasteiger partial charge in [-0.1, -0.05) is 11.8 Å². The molecule has 1 aromatic heterocycles. The van der Waals surface area contributed by atoms with E-state index in [1.54, 1.807) is 11.3 Å². The molecule has 0 amide bonds. The minimum absolute atomic E-state index is 0.0663. The molecule has 1 unspecified atom stereocenters. The summed E-state index contributed by atoms with van der Waals surface area (Å²) in [7, 11) is 2.19. The van der Waals surface area contributed by atoms with E-state index < -0.39 is 0 Å². The smallest absolute Gasteiger partial charge is 0.104 e. The van der Waals surface area contributed by atoms with Crippen molar-refractivity contribution in [2.75, 3.05) is 33.3 Å². The van der Waals surface area contributed by atoms with Crippen molar-refractivity contribution in [3.05, 3.63) is 21.9 Å². The number of aliphatic hydroxyl groups is 1. The number of rotatable bonds is 2.